The van der Waals surface area contributed by atoms with E-state index < -0.39 is 41.0 Å². The number of nitriles is 1. The largest absolute Gasteiger partial charge is 0.417 e. The number of benzene rings is 2. The van der Waals surface area contributed by atoms with Gasteiger partial charge in [0, 0.05) is 26.3 Å². The highest BCUT2D eigenvalue weighted by Gasteiger charge is 2.35. The van der Waals surface area contributed by atoms with E-state index in [4.69, 9.17) is 5.26 Å². The van der Waals surface area contributed by atoms with Crippen LogP contribution in [-0.4, -0.2) is 30.9 Å². The van der Waals surface area contributed by atoms with Crippen molar-refractivity contribution < 1.29 is 31.1 Å². The fourth-order valence-electron chi connectivity index (χ4n) is 3.04. The Balaban J connectivity index is 2.58. The maximum Gasteiger partial charge on any atom is 0.417 e. The van der Waals surface area contributed by atoms with Gasteiger partial charge in [-0.15, -0.1) is 0 Å². The van der Waals surface area contributed by atoms with Gasteiger partial charge in [-0.2, -0.15) is 31.6 Å². The van der Waals surface area contributed by atoms with Crippen molar-refractivity contribution in [2.24, 2.45) is 0 Å². The van der Waals surface area contributed by atoms with Crippen LogP contribution in [0.25, 0.3) is 0 Å². The van der Waals surface area contributed by atoms with E-state index in [1.807, 2.05) is 0 Å². The maximum atomic E-state index is 13.4. The first-order valence-corrected chi connectivity index (χ1v) is 9.01. The second kappa shape index (κ2) is 8.88. The van der Waals surface area contributed by atoms with E-state index in [1.165, 1.54) is 55.1 Å². The Labute approximate surface area is 175 Å². The van der Waals surface area contributed by atoms with E-state index in [2.05, 4.69) is 0 Å². The van der Waals surface area contributed by atoms with E-state index in [1.54, 1.807) is 0 Å². The summed E-state index contributed by atoms with van der Waals surface area (Å²) < 4.78 is 79.4. The lowest BCUT2D eigenvalue weighted by molar-refractivity contribution is -0.138. The predicted octanol–water partition coefficient (Wildman–Crippen LogP) is 5.08. The van der Waals surface area contributed by atoms with Crippen LogP contribution >= 0.6 is 0 Å². The van der Waals surface area contributed by atoms with Gasteiger partial charge in [0.05, 0.1) is 22.8 Å². The molecule has 4 nitrogen and oxygen atoms in total. The van der Waals surface area contributed by atoms with Gasteiger partial charge in [-0.05, 0) is 42.8 Å². The number of hydrogen-bond donors (Lipinski definition) is 0. The van der Waals surface area contributed by atoms with E-state index in [-0.39, 0.29) is 17.8 Å². The van der Waals surface area contributed by atoms with E-state index in [0.717, 1.165) is 24.3 Å². The van der Waals surface area contributed by atoms with Crippen molar-refractivity contribution in [3.63, 3.8) is 0 Å². The monoisotopic (exact) mass is 443 g/mol. The number of carbonyl (C=O) groups excluding carboxylic acids is 1. The minimum atomic E-state index is -4.82. The summed E-state index contributed by atoms with van der Waals surface area (Å²) in [6.45, 7) is 1.19. The van der Waals surface area contributed by atoms with Gasteiger partial charge in [0.2, 0.25) is 5.91 Å². The van der Waals surface area contributed by atoms with Crippen LogP contribution in [-0.2, 0) is 23.7 Å². The first-order valence-electron chi connectivity index (χ1n) is 9.01. The topological polar surface area (TPSA) is 47.3 Å². The van der Waals surface area contributed by atoms with Gasteiger partial charge in [-0.25, -0.2) is 0 Å². The summed E-state index contributed by atoms with van der Waals surface area (Å²) >= 11 is 0. The number of carbonyl (C=O) groups is 1. The van der Waals surface area contributed by atoms with Gasteiger partial charge in [-0.1, -0.05) is 12.1 Å². The molecule has 0 radical (unpaired) electrons. The highest BCUT2D eigenvalue weighted by atomic mass is 19.4. The SMILES string of the molecule is C[C@@H](C(=O)N(C)C)N(Cc1cccc(C(F)(F)F)c1)c1ccc(C#N)c(C(F)(F)F)c1. The predicted molar refractivity (Wildman–Crippen MR) is 102 cm³/mol. The summed E-state index contributed by atoms with van der Waals surface area (Å²) in [7, 11) is 2.92. The maximum absolute atomic E-state index is 13.4. The van der Waals surface area contributed by atoms with E-state index in [9.17, 15) is 31.1 Å². The third kappa shape index (κ3) is 5.69. The molecule has 2 aromatic carbocycles. The highest BCUT2D eigenvalue weighted by Crippen LogP contribution is 2.36. The van der Waals surface area contributed by atoms with Crippen LogP contribution in [0, 0.1) is 11.3 Å². The molecular weight excluding hydrogens is 424 g/mol. The normalized spacial score (nSPS) is 12.8. The van der Waals surface area contributed by atoms with Crippen LogP contribution < -0.4 is 4.90 Å². The zero-order valence-electron chi connectivity index (χ0n) is 16.8. The minimum Gasteiger partial charge on any atom is -0.355 e. The Hall–Kier alpha value is -3.22. The van der Waals surface area contributed by atoms with Crippen LogP contribution in [0.2, 0.25) is 0 Å². The molecule has 0 unspecified atom stereocenters. The van der Waals surface area contributed by atoms with Crippen molar-refractivity contribution >= 4 is 11.6 Å². The van der Waals surface area contributed by atoms with Crippen molar-refractivity contribution in [1.82, 2.24) is 4.90 Å². The summed E-state index contributed by atoms with van der Waals surface area (Å²) in [5.74, 6) is -0.454. The lowest BCUT2D eigenvalue weighted by atomic mass is 10.0. The Morgan fingerprint density at radius 2 is 1.68 bits per heavy atom. The average Bonchev–Trinajstić information content (AvgIpc) is 2.69. The molecule has 0 fully saturated rings. The first-order chi connectivity index (χ1) is 14.3. The first kappa shape index (κ1) is 24.1. The molecule has 0 spiro atoms. The molecule has 0 heterocycles. The van der Waals surface area contributed by atoms with Crippen molar-refractivity contribution in [3.05, 3.63) is 64.7 Å². The Morgan fingerprint density at radius 1 is 1.03 bits per heavy atom. The number of nitrogens with zero attached hydrogens (tertiary/aromatic N) is 3. The minimum absolute atomic E-state index is 0.0496. The van der Waals surface area contributed by atoms with Crippen molar-refractivity contribution in [2.45, 2.75) is 31.9 Å². The highest BCUT2D eigenvalue weighted by molar-refractivity contribution is 5.84. The molecule has 10 heteroatoms. The standard InChI is InChI=1S/C21H19F6N3O/c1-13(19(31)29(2)3)30(12-14-5-4-6-16(9-14)20(22,23)24)17-8-7-15(11-28)18(10-17)21(25,26)27/h4-10,13H,12H2,1-3H3/t13-/m0/s1. The van der Waals surface area contributed by atoms with Crippen LogP contribution in [0.4, 0.5) is 32.0 Å². The molecule has 31 heavy (non-hydrogen) atoms. The smallest absolute Gasteiger partial charge is 0.355 e. The van der Waals surface area contributed by atoms with Gasteiger partial charge >= 0.3 is 12.4 Å². The molecular formula is C21H19F6N3O. The van der Waals surface area contributed by atoms with Gasteiger partial charge in [-0.3, -0.25) is 4.79 Å². The van der Waals surface area contributed by atoms with E-state index >= 15 is 0 Å². The third-order valence-electron chi connectivity index (χ3n) is 4.63. The van der Waals surface area contributed by atoms with E-state index in [0.29, 0.717) is 0 Å². The van der Waals surface area contributed by atoms with Crippen LogP contribution in [0.3, 0.4) is 0 Å². The average molecular weight is 443 g/mol. The van der Waals surface area contributed by atoms with Gasteiger partial charge in [0.1, 0.15) is 6.04 Å². The summed E-state index contributed by atoms with van der Waals surface area (Å²) in [5.41, 5.74) is -2.59. The number of alkyl halides is 6. The number of hydrogen-bond acceptors (Lipinski definition) is 3. The van der Waals surface area contributed by atoms with Gasteiger partial charge in [0.15, 0.2) is 0 Å². The summed E-state index contributed by atoms with van der Waals surface area (Å²) in [6, 6.07) is 7.77. The molecule has 0 aliphatic carbocycles. The lowest BCUT2D eigenvalue weighted by Gasteiger charge is -2.33. The molecule has 0 saturated heterocycles. The number of likely N-dealkylation sites (N-methyl/N-ethyl adjacent to an activating group) is 1. The second-order valence-corrected chi connectivity index (χ2v) is 7.07. The summed E-state index contributed by atoms with van der Waals surface area (Å²) in [6.07, 6.45) is -9.42. The molecule has 1 atom stereocenters. The molecule has 166 valence electrons. The van der Waals surface area contributed by atoms with Crippen molar-refractivity contribution in [3.8, 4) is 6.07 Å². The molecule has 0 N–H and O–H groups in total. The number of anilines is 1. The molecule has 2 aromatic rings. The summed E-state index contributed by atoms with van der Waals surface area (Å²) in [4.78, 5) is 15.0. The number of halogens is 6. The second-order valence-electron chi connectivity index (χ2n) is 7.07. The molecule has 2 rings (SSSR count). The van der Waals surface area contributed by atoms with Crippen molar-refractivity contribution in [2.75, 3.05) is 19.0 Å². The molecule has 1 amide bonds. The Morgan fingerprint density at radius 3 is 2.19 bits per heavy atom. The summed E-state index contributed by atoms with van der Waals surface area (Å²) in [5, 5.41) is 8.99. The Bertz CT molecular complexity index is 992. The molecule has 0 aliphatic heterocycles. The third-order valence-corrected chi connectivity index (χ3v) is 4.63. The van der Waals surface area contributed by atoms with Gasteiger partial charge < -0.3 is 9.80 Å². The fraction of sp³-hybridized carbons (Fsp3) is 0.333. The van der Waals surface area contributed by atoms with Gasteiger partial charge in [0.25, 0.3) is 0 Å². The molecule has 0 aliphatic rings. The molecule has 0 saturated carbocycles. The Kier molecular flexibility index (Phi) is 6.89. The number of rotatable bonds is 5. The zero-order valence-corrected chi connectivity index (χ0v) is 16.8. The number of amides is 1. The molecule has 0 bridgehead atoms. The van der Waals surface area contributed by atoms with Crippen LogP contribution in [0.5, 0.6) is 0 Å². The fourth-order valence-corrected chi connectivity index (χ4v) is 3.04. The molecule has 0 aromatic heterocycles. The van der Waals surface area contributed by atoms with Crippen LogP contribution in [0.1, 0.15) is 29.2 Å². The quantitative estimate of drug-likeness (QED) is 0.606. The zero-order chi connectivity index (χ0) is 23.6. The van der Waals surface area contributed by atoms with Crippen LogP contribution in [0.15, 0.2) is 42.5 Å². The lowest BCUT2D eigenvalue weighted by Crippen LogP contribution is -2.44. The van der Waals surface area contributed by atoms with Crippen molar-refractivity contribution in [1.29, 1.82) is 5.26 Å².